The maximum absolute atomic E-state index is 11.5. The molecular weight excluding hydrogens is 242 g/mol. The molecule has 2 unspecified atom stereocenters. The zero-order valence-corrected chi connectivity index (χ0v) is 12.3. The molecule has 2 N–H and O–H groups in total. The van der Waals surface area contributed by atoms with Crippen molar-refractivity contribution in [2.75, 3.05) is 7.11 Å². The summed E-state index contributed by atoms with van der Waals surface area (Å²) in [5, 5.41) is 0. The molecule has 4 heteroatoms. The quantitative estimate of drug-likeness (QED) is 0.830. The fourth-order valence-corrected chi connectivity index (χ4v) is 1.97. The molecule has 0 aliphatic carbocycles. The molecule has 0 amide bonds. The van der Waals surface area contributed by atoms with Gasteiger partial charge in [0.2, 0.25) is 0 Å². The molecule has 4 nitrogen and oxygen atoms in total. The predicted molar refractivity (Wildman–Crippen MR) is 75.2 cm³/mol. The Balaban J connectivity index is 2.67. The van der Waals surface area contributed by atoms with Gasteiger partial charge in [0.25, 0.3) is 0 Å². The average Bonchev–Trinajstić information content (AvgIpc) is 2.32. The van der Waals surface area contributed by atoms with Crippen LogP contribution in [0.3, 0.4) is 0 Å². The molecule has 0 spiro atoms. The van der Waals surface area contributed by atoms with Gasteiger partial charge >= 0.3 is 5.97 Å². The second-order valence-electron chi connectivity index (χ2n) is 5.29. The molecule has 2 atom stereocenters. The lowest BCUT2D eigenvalue weighted by Crippen LogP contribution is -2.48. The van der Waals surface area contributed by atoms with Crippen molar-refractivity contribution in [3.8, 4) is 5.75 Å². The van der Waals surface area contributed by atoms with Crippen LogP contribution in [0.25, 0.3) is 0 Å². The summed E-state index contributed by atoms with van der Waals surface area (Å²) in [6.45, 7) is 7.63. The molecule has 0 aliphatic heterocycles. The Morgan fingerprint density at radius 2 is 2.00 bits per heavy atom. The number of carbonyl (C=O) groups is 1. The fourth-order valence-electron chi connectivity index (χ4n) is 1.97. The Hall–Kier alpha value is -1.55. The van der Waals surface area contributed by atoms with Crippen LogP contribution < -0.4 is 10.5 Å². The molecule has 0 heterocycles. The van der Waals surface area contributed by atoms with Crippen molar-refractivity contribution < 1.29 is 14.3 Å². The minimum absolute atomic E-state index is 0.170. The Morgan fingerprint density at radius 3 is 2.53 bits per heavy atom. The Bertz CT molecular complexity index is 455. The topological polar surface area (TPSA) is 61.5 Å². The molecule has 0 radical (unpaired) electrons. The van der Waals surface area contributed by atoms with Crippen molar-refractivity contribution in [1.29, 1.82) is 0 Å². The van der Waals surface area contributed by atoms with E-state index in [1.807, 2.05) is 32.0 Å². The Kier molecular flexibility index (Phi) is 4.95. The van der Waals surface area contributed by atoms with Gasteiger partial charge in [-0.2, -0.15) is 0 Å². The monoisotopic (exact) mass is 265 g/mol. The van der Waals surface area contributed by atoms with Crippen molar-refractivity contribution >= 4 is 5.97 Å². The van der Waals surface area contributed by atoms with Gasteiger partial charge in [-0.1, -0.05) is 6.07 Å². The first-order chi connectivity index (χ1) is 8.76. The molecule has 0 fully saturated rings. The van der Waals surface area contributed by atoms with Gasteiger partial charge in [0.1, 0.15) is 11.3 Å². The standard InChI is InChI=1S/C15H23NO3/c1-10-6-7-13(8-11(10)2)19-12(3)9-15(4,16)14(17)18-5/h6-8,12H,9,16H2,1-5H3. The number of benzene rings is 1. The van der Waals surface area contributed by atoms with E-state index in [-0.39, 0.29) is 6.10 Å². The Labute approximate surface area is 114 Å². The van der Waals surface area contributed by atoms with Crippen molar-refractivity contribution in [3.05, 3.63) is 29.3 Å². The van der Waals surface area contributed by atoms with Crippen LogP contribution in [0.1, 0.15) is 31.4 Å². The van der Waals surface area contributed by atoms with Crippen LogP contribution in [0.15, 0.2) is 18.2 Å². The number of nitrogens with two attached hydrogens (primary N) is 1. The molecule has 19 heavy (non-hydrogen) atoms. The van der Waals surface area contributed by atoms with Crippen LogP contribution >= 0.6 is 0 Å². The smallest absolute Gasteiger partial charge is 0.325 e. The number of rotatable bonds is 5. The van der Waals surface area contributed by atoms with Gasteiger partial charge < -0.3 is 15.2 Å². The summed E-state index contributed by atoms with van der Waals surface area (Å²) in [5.41, 5.74) is 7.29. The molecule has 1 aromatic carbocycles. The largest absolute Gasteiger partial charge is 0.491 e. The van der Waals surface area contributed by atoms with Gasteiger partial charge in [0, 0.05) is 6.42 Å². The zero-order chi connectivity index (χ0) is 14.6. The minimum Gasteiger partial charge on any atom is -0.491 e. The molecule has 0 bridgehead atoms. The number of esters is 1. The maximum atomic E-state index is 11.5. The molecule has 1 rings (SSSR count). The van der Waals surface area contributed by atoms with Gasteiger partial charge in [-0.15, -0.1) is 0 Å². The summed E-state index contributed by atoms with van der Waals surface area (Å²) in [4.78, 5) is 11.5. The highest BCUT2D eigenvalue weighted by Gasteiger charge is 2.32. The summed E-state index contributed by atoms with van der Waals surface area (Å²) in [7, 11) is 1.34. The molecule has 0 aliphatic rings. The minimum atomic E-state index is -1.03. The number of methoxy groups -OCH3 is 1. The van der Waals surface area contributed by atoms with E-state index in [4.69, 9.17) is 10.5 Å². The van der Waals surface area contributed by atoms with Crippen LogP contribution in [-0.2, 0) is 9.53 Å². The summed E-state index contributed by atoms with van der Waals surface area (Å²) in [6.07, 6.45) is 0.225. The van der Waals surface area contributed by atoms with Gasteiger partial charge in [0.05, 0.1) is 13.2 Å². The predicted octanol–water partition coefficient (Wildman–Crippen LogP) is 2.35. The number of carbonyl (C=O) groups excluding carboxylic acids is 1. The van der Waals surface area contributed by atoms with Crippen LogP contribution in [0.2, 0.25) is 0 Å². The normalized spacial score (nSPS) is 15.5. The molecule has 1 aromatic rings. The number of hydrogen-bond donors (Lipinski definition) is 1. The van der Waals surface area contributed by atoms with E-state index in [1.165, 1.54) is 18.2 Å². The van der Waals surface area contributed by atoms with E-state index in [1.54, 1.807) is 6.92 Å². The lowest BCUT2D eigenvalue weighted by atomic mass is 9.96. The summed E-state index contributed by atoms with van der Waals surface area (Å²) >= 11 is 0. The highest BCUT2D eigenvalue weighted by atomic mass is 16.5. The number of ether oxygens (including phenoxy) is 2. The van der Waals surface area contributed by atoms with E-state index >= 15 is 0 Å². The van der Waals surface area contributed by atoms with E-state index in [2.05, 4.69) is 11.7 Å². The van der Waals surface area contributed by atoms with Crippen molar-refractivity contribution in [1.82, 2.24) is 0 Å². The third-order valence-corrected chi connectivity index (χ3v) is 3.18. The summed E-state index contributed by atoms with van der Waals surface area (Å²) in [6, 6.07) is 5.92. The fraction of sp³-hybridized carbons (Fsp3) is 0.533. The lowest BCUT2D eigenvalue weighted by molar-refractivity contribution is -0.147. The zero-order valence-electron chi connectivity index (χ0n) is 12.3. The molecule has 0 saturated heterocycles. The van der Waals surface area contributed by atoms with Crippen molar-refractivity contribution in [3.63, 3.8) is 0 Å². The third kappa shape index (κ3) is 4.24. The first kappa shape index (κ1) is 15.5. The van der Waals surface area contributed by atoms with Gasteiger partial charge in [0.15, 0.2) is 0 Å². The maximum Gasteiger partial charge on any atom is 0.325 e. The summed E-state index contributed by atoms with van der Waals surface area (Å²) in [5.74, 6) is 0.360. The van der Waals surface area contributed by atoms with Crippen LogP contribution in [-0.4, -0.2) is 24.7 Å². The average molecular weight is 265 g/mol. The van der Waals surface area contributed by atoms with E-state index in [0.29, 0.717) is 6.42 Å². The van der Waals surface area contributed by atoms with Gasteiger partial charge in [-0.25, -0.2) is 0 Å². The van der Waals surface area contributed by atoms with E-state index in [9.17, 15) is 4.79 Å². The lowest BCUT2D eigenvalue weighted by Gasteiger charge is -2.25. The highest BCUT2D eigenvalue weighted by Crippen LogP contribution is 2.20. The van der Waals surface area contributed by atoms with Crippen molar-refractivity contribution in [2.24, 2.45) is 5.73 Å². The molecule has 0 saturated carbocycles. The SMILES string of the molecule is COC(=O)C(C)(N)CC(C)Oc1ccc(C)c(C)c1. The third-order valence-electron chi connectivity index (χ3n) is 3.18. The van der Waals surface area contributed by atoms with E-state index in [0.717, 1.165) is 5.75 Å². The van der Waals surface area contributed by atoms with E-state index < -0.39 is 11.5 Å². The second kappa shape index (κ2) is 6.06. The first-order valence-corrected chi connectivity index (χ1v) is 6.37. The van der Waals surface area contributed by atoms with Gasteiger partial charge in [-0.3, -0.25) is 4.79 Å². The summed E-state index contributed by atoms with van der Waals surface area (Å²) < 4.78 is 10.5. The number of aryl methyl sites for hydroxylation is 2. The van der Waals surface area contributed by atoms with Crippen LogP contribution in [0.5, 0.6) is 5.75 Å². The van der Waals surface area contributed by atoms with Crippen molar-refractivity contribution in [2.45, 2.75) is 45.8 Å². The Morgan fingerprint density at radius 1 is 1.37 bits per heavy atom. The molecule has 0 aromatic heterocycles. The highest BCUT2D eigenvalue weighted by molar-refractivity contribution is 5.79. The number of hydrogen-bond acceptors (Lipinski definition) is 4. The van der Waals surface area contributed by atoms with Crippen LogP contribution in [0, 0.1) is 13.8 Å². The second-order valence-corrected chi connectivity index (χ2v) is 5.29. The van der Waals surface area contributed by atoms with Gasteiger partial charge in [-0.05, 0) is 51.0 Å². The van der Waals surface area contributed by atoms with Crippen LogP contribution in [0.4, 0.5) is 0 Å². The molecular formula is C15H23NO3. The first-order valence-electron chi connectivity index (χ1n) is 6.37. The molecule has 106 valence electrons.